The predicted molar refractivity (Wildman–Crippen MR) is 118 cm³/mol. The second kappa shape index (κ2) is 8.35. The predicted octanol–water partition coefficient (Wildman–Crippen LogP) is 2.92. The van der Waals surface area contributed by atoms with Crippen LogP contribution in [0, 0.1) is 5.92 Å². The van der Waals surface area contributed by atoms with Crippen molar-refractivity contribution in [3.05, 3.63) is 60.3 Å². The van der Waals surface area contributed by atoms with Gasteiger partial charge in [0, 0.05) is 24.9 Å². The summed E-state index contributed by atoms with van der Waals surface area (Å²) in [5, 5.41) is 8.00. The Kier molecular flexibility index (Phi) is 5.60. The maximum absolute atomic E-state index is 12.4. The van der Waals surface area contributed by atoms with E-state index in [0.717, 1.165) is 35.9 Å². The number of para-hydroxylation sites is 1. The third kappa shape index (κ3) is 5.00. The van der Waals surface area contributed by atoms with Crippen molar-refractivity contribution in [2.75, 3.05) is 5.32 Å². The molecule has 0 aliphatic heterocycles. The van der Waals surface area contributed by atoms with E-state index in [4.69, 9.17) is 0 Å². The molecule has 1 saturated carbocycles. The highest BCUT2D eigenvalue weighted by atomic mass is 32.2. The smallest absolute Gasteiger partial charge is 0.266 e. The summed E-state index contributed by atoms with van der Waals surface area (Å²) in [6.45, 7) is 2.04. The maximum atomic E-state index is 12.4. The van der Waals surface area contributed by atoms with Crippen molar-refractivity contribution < 1.29 is 18.0 Å². The molecule has 0 bridgehead atoms. The van der Waals surface area contributed by atoms with Gasteiger partial charge in [-0.3, -0.25) is 14.3 Å². The third-order valence-electron chi connectivity index (χ3n) is 4.93. The molecule has 1 heterocycles. The molecule has 1 aliphatic carbocycles. The largest absolute Gasteiger partial charge is 0.321 e. The fourth-order valence-electron chi connectivity index (χ4n) is 3.29. The highest BCUT2D eigenvalue weighted by Gasteiger charge is 2.23. The normalized spacial score (nSPS) is 14.1. The number of amides is 2. The van der Waals surface area contributed by atoms with Crippen LogP contribution in [0.2, 0.25) is 0 Å². The molecule has 2 amide bonds. The van der Waals surface area contributed by atoms with Gasteiger partial charge >= 0.3 is 0 Å². The number of nitrogens with one attached hydrogen (secondary N) is 2. The van der Waals surface area contributed by atoms with E-state index in [1.54, 1.807) is 12.1 Å². The Bertz CT molecular complexity index is 1290. The Morgan fingerprint density at radius 2 is 1.97 bits per heavy atom. The van der Waals surface area contributed by atoms with Crippen LogP contribution >= 0.6 is 0 Å². The molecule has 0 radical (unpaired) electrons. The summed E-state index contributed by atoms with van der Waals surface area (Å²) in [5.41, 5.74) is 1.97. The van der Waals surface area contributed by atoms with E-state index in [1.807, 2.05) is 33.8 Å². The van der Waals surface area contributed by atoms with E-state index in [2.05, 4.69) is 10.4 Å². The number of hydrogen-bond donors (Lipinski definition) is 2. The van der Waals surface area contributed by atoms with Gasteiger partial charge in [-0.15, -0.1) is 0 Å². The summed E-state index contributed by atoms with van der Waals surface area (Å²) in [6, 6.07) is 11.7. The minimum absolute atomic E-state index is 0.0858. The molecule has 0 spiro atoms. The topological polar surface area (TPSA) is 110 Å². The fraction of sp³-hybridized carbons (Fsp3) is 0.227. The molecule has 160 valence electrons. The zero-order chi connectivity index (χ0) is 22.0. The molecule has 1 aromatic heterocycles. The first-order chi connectivity index (χ1) is 14.8. The van der Waals surface area contributed by atoms with E-state index >= 15 is 0 Å². The number of fused-ring (bicyclic) bond motifs is 1. The quantitative estimate of drug-likeness (QED) is 0.551. The van der Waals surface area contributed by atoms with Crippen molar-refractivity contribution in [2.45, 2.75) is 31.2 Å². The summed E-state index contributed by atoms with van der Waals surface area (Å²) >= 11 is 0. The van der Waals surface area contributed by atoms with Gasteiger partial charge in [0.25, 0.3) is 10.0 Å². The first kappa shape index (κ1) is 20.8. The Hall–Kier alpha value is -3.46. The lowest BCUT2D eigenvalue weighted by Gasteiger charge is -2.10. The number of hydrogen-bond acceptors (Lipinski definition) is 5. The molecule has 31 heavy (non-hydrogen) atoms. The van der Waals surface area contributed by atoms with Crippen LogP contribution in [0.4, 0.5) is 5.69 Å². The van der Waals surface area contributed by atoms with Crippen molar-refractivity contribution in [3.8, 4) is 0 Å². The van der Waals surface area contributed by atoms with Crippen LogP contribution in [-0.4, -0.2) is 30.0 Å². The number of anilines is 1. The van der Waals surface area contributed by atoms with Crippen LogP contribution in [0.5, 0.6) is 0 Å². The van der Waals surface area contributed by atoms with Crippen LogP contribution in [0.15, 0.2) is 59.6 Å². The van der Waals surface area contributed by atoms with Gasteiger partial charge < -0.3 is 5.32 Å². The summed E-state index contributed by atoms with van der Waals surface area (Å²) in [7, 11) is -4.08. The lowest BCUT2D eigenvalue weighted by molar-refractivity contribution is -0.117. The van der Waals surface area contributed by atoms with Crippen molar-refractivity contribution in [2.24, 2.45) is 5.92 Å². The molecule has 2 N–H and O–H groups in total. The number of carbonyl (C=O) groups is 2. The van der Waals surface area contributed by atoms with Crippen molar-refractivity contribution in [3.63, 3.8) is 0 Å². The van der Waals surface area contributed by atoms with Gasteiger partial charge in [-0.05, 0) is 54.7 Å². The molecular weight excluding hydrogens is 416 g/mol. The Labute approximate surface area is 180 Å². The first-order valence-corrected chi connectivity index (χ1v) is 11.4. The highest BCUT2D eigenvalue weighted by Crippen LogP contribution is 2.31. The minimum Gasteiger partial charge on any atom is -0.321 e. The van der Waals surface area contributed by atoms with E-state index in [9.17, 15) is 18.0 Å². The van der Waals surface area contributed by atoms with E-state index < -0.39 is 21.8 Å². The molecule has 0 saturated heterocycles. The van der Waals surface area contributed by atoms with Crippen LogP contribution in [0.1, 0.15) is 25.3 Å². The summed E-state index contributed by atoms with van der Waals surface area (Å²) in [6.07, 6.45) is 7.31. The first-order valence-electron chi connectivity index (χ1n) is 9.89. The number of carbonyl (C=O) groups excluding carboxylic acids is 2. The zero-order valence-corrected chi connectivity index (χ0v) is 17.7. The number of nitrogens with zero attached hydrogens (tertiary/aromatic N) is 2. The molecule has 1 aliphatic rings. The standard InChI is InChI=1S/C22H22N4O4S/c1-15(27)25-31(29,30)21-5-3-2-4-19(21)24-22(28)11-9-16-8-10-20-18(12-16)13-23-26(20)14-17-6-7-17/h2-5,8-13,17H,6-7,14H2,1H3,(H,24,28)(H,25,27)/b11-9+. The average Bonchev–Trinajstić information content (AvgIpc) is 3.44. The highest BCUT2D eigenvalue weighted by molar-refractivity contribution is 7.90. The number of benzene rings is 2. The van der Waals surface area contributed by atoms with Gasteiger partial charge in [-0.2, -0.15) is 5.10 Å². The Morgan fingerprint density at radius 1 is 1.19 bits per heavy atom. The van der Waals surface area contributed by atoms with Crippen LogP contribution in [-0.2, 0) is 26.2 Å². The molecule has 0 atom stereocenters. The van der Waals surface area contributed by atoms with E-state index in [-0.39, 0.29) is 10.6 Å². The van der Waals surface area contributed by atoms with Gasteiger partial charge in [0.15, 0.2) is 0 Å². The molecule has 4 rings (SSSR count). The van der Waals surface area contributed by atoms with Crippen molar-refractivity contribution >= 4 is 44.5 Å². The lowest BCUT2D eigenvalue weighted by Crippen LogP contribution is -2.29. The van der Waals surface area contributed by atoms with Gasteiger partial charge in [0.05, 0.1) is 17.4 Å². The molecule has 2 aromatic carbocycles. The van der Waals surface area contributed by atoms with E-state index in [1.165, 1.54) is 37.1 Å². The lowest BCUT2D eigenvalue weighted by atomic mass is 10.1. The van der Waals surface area contributed by atoms with Crippen molar-refractivity contribution in [1.29, 1.82) is 0 Å². The second-order valence-electron chi connectivity index (χ2n) is 7.57. The molecule has 8 nitrogen and oxygen atoms in total. The molecule has 3 aromatic rings. The Balaban J connectivity index is 1.48. The van der Waals surface area contributed by atoms with Crippen LogP contribution in [0.25, 0.3) is 17.0 Å². The summed E-state index contributed by atoms with van der Waals surface area (Å²) in [4.78, 5) is 23.4. The number of aromatic nitrogens is 2. The zero-order valence-electron chi connectivity index (χ0n) is 16.9. The van der Waals surface area contributed by atoms with Gasteiger partial charge in [-0.25, -0.2) is 13.1 Å². The summed E-state index contributed by atoms with van der Waals surface area (Å²) in [5.74, 6) is -0.476. The third-order valence-corrected chi connectivity index (χ3v) is 6.42. The van der Waals surface area contributed by atoms with Gasteiger partial charge in [0.2, 0.25) is 11.8 Å². The van der Waals surface area contributed by atoms with E-state index in [0.29, 0.717) is 0 Å². The maximum Gasteiger partial charge on any atom is 0.266 e. The fourth-order valence-corrected chi connectivity index (χ4v) is 4.45. The average molecular weight is 439 g/mol. The van der Waals surface area contributed by atoms with Crippen molar-refractivity contribution in [1.82, 2.24) is 14.5 Å². The van der Waals surface area contributed by atoms with Gasteiger partial charge in [0.1, 0.15) is 4.90 Å². The molecule has 9 heteroatoms. The number of rotatable bonds is 7. The number of sulfonamides is 1. The Morgan fingerprint density at radius 3 is 2.71 bits per heavy atom. The molecule has 0 unspecified atom stereocenters. The molecular formula is C22H22N4O4S. The monoisotopic (exact) mass is 438 g/mol. The SMILES string of the molecule is CC(=O)NS(=O)(=O)c1ccccc1NC(=O)/C=C/c1ccc2c(cnn2CC2CC2)c1. The summed E-state index contributed by atoms with van der Waals surface area (Å²) < 4.78 is 28.5. The van der Waals surface area contributed by atoms with Gasteiger partial charge in [-0.1, -0.05) is 18.2 Å². The molecule has 1 fully saturated rings. The van der Waals surface area contributed by atoms with Crippen LogP contribution < -0.4 is 10.0 Å². The minimum atomic E-state index is -4.08. The second-order valence-corrected chi connectivity index (χ2v) is 9.22. The van der Waals surface area contributed by atoms with Crippen LogP contribution in [0.3, 0.4) is 0 Å².